The van der Waals surface area contributed by atoms with Crippen molar-refractivity contribution in [2.24, 2.45) is 5.41 Å². The van der Waals surface area contributed by atoms with Crippen LogP contribution in [0.3, 0.4) is 0 Å². The summed E-state index contributed by atoms with van der Waals surface area (Å²) in [5.74, 6) is 0.136. The summed E-state index contributed by atoms with van der Waals surface area (Å²) in [5.41, 5.74) is 3.94. The lowest BCUT2D eigenvalue weighted by Gasteiger charge is -2.36. The number of allylic oxidation sites excluding steroid dienone is 4. The summed E-state index contributed by atoms with van der Waals surface area (Å²) in [6.07, 6.45) is 7.33. The van der Waals surface area contributed by atoms with E-state index in [1.165, 1.54) is 17.6 Å². The predicted molar refractivity (Wildman–Crippen MR) is 115 cm³/mol. The smallest absolute Gasteiger partial charge is 0.367 e. The van der Waals surface area contributed by atoms with Crippen LogP contribution in [0, 0.1) is 10.8 Å². The van der Waals surface area contributed by atoms with Crippen LogP contribution in [0.25, 0.3) is 4.98 Å². The van der Waals surface area contributed by atoms with Crippen molar-refractivity contribution in [3.05, 3.63) is 39.4 Å². The molecule has 26 heavy (non-hydrogen) atoms. The number of nitrogens with zero attached hydrogens (tertiary/aromatic N) is 2. The molecule has 0 saturated carbocycles. The fourth-order valence-corrected chi connectivity index (χ4v) is 11.8. The molecular weight excluding hydrogens is 336 g/mol. The van der Waals surface area contributed by atoms with Crippen LogP contribution in [0.5, 0.6) is 0 Å². The molecule has 0 fully saturated rings. The van der Waals surface area contributed by atoms with Gasteiger partial charge in [0.25, 0.3) is 0 Å². The summed E-state index contributed by atoms with van der Waals surface area (Å²) in [6.45, 7) is 19.9. The molecule has 0 radical (unpaired) electrons. The zero-order valence-electron chi connectivity index (χ0n) is 18.3. The highest BCUT2D eigenvalue weighted by Gasteiger charge is 2.56. The van der Waals surface area contributed by atoms with Gasteiger partial charge in [-0.05, 0) is 59.9 Å². The van der Waals surface area contributed by atoms with Crippen LogP contribution < -0.4 is 0 Å². The Labute approximate surface area is 161 Å². The zero-order chi connectivity index (χ0) is 20.3. The molecule has 0 saturated heterocycles. The maximum atomic E-state index is 10.9. The minimum Gasteiger partial charge on any atom is -0.502 e. The third-order valence-electron chi connectivity index (χ3n) is 6.57. The number of hydrogen-bond donors (Lipinski definition) is 1. The summed E-state index contributed by atoms with van der Waals surface area (Å²) in [6, 6.07) is 0. The van der Waals surface area contributed by atoms with Gasteiger partial charge in [0.05, 0.1) is 0 Å². The summed E-state index contributed by atoms with van der Waals surface area (Å²) < 4.78 is 0. The summed E-state index contributed by atoms with van der Waals surface area (Å²) in [4.78, 5) is 3.67. The SMILES string of the molecule is CC1=C(/C=C/C(O)=C(\[N+]#N)[Si](C(C)C)(C(C)C)C(C)C)C(C)(C)CCC1. The molecule has 0 aliphatic heterocycles. The van der Waals surface area contributed by atoms with Gasteiger partial charge in [0.1, 0.15) is 0 Å². The molecule has 0 bridgehead atoms. The van der Waals surface area contributed by atoms with Crippen LogP contribution in [0.2, 0.25) is 16.6 Å². The van der Waals surface area contributed by atoms with E-state index in [4.69, 9.17) is 0 Å². The van der Waals surface area contributed by atoms with Crippen molar-refractivity contribution in [1.82, 2.24) is 0 Å². The number of aliphatic hydroxyl groups excluding tert-OH is 1. The fraction of sp³-hybridized carbons (Fsp3) is 0.727. The molecule has 0 unspecified atom stereocenters. The molecule has 1 aliphatic rings. The quantitative estimate of drug-likeness (QED) is 0.222. The van der Waals surface area contributed by atoms with Crippen molar-refractivity contribution < 1.29 is 5.11 Å². The lowest BCUT2D eigenvalue weighted by atomic mass is 9.72. The number of rotatable bonds is 6. The molecule has 0 amide bonds. The van der Waals surface area contributed by atoms with Gasteiger partial charge in [-0.15, -0.1) is 0 Å². The Morgan fingerprint density at radius 2 is 1.62 bits per heavy atom. The van der Waals surface area contributed by atoms with Gasteiger partial charge in [0, 0.05) is 0 Å². The van der Waals surface area contributed by atoms with Crippen molar-refractivity contribution in [1.29, 1.82) is 5.39 Å². The van der Waals surface area contributed by atoms with Gasteiger partial charge in [-0.1, -0.05) is 67.0 Å². The highest BCUT2D eigenvalue weighted by molar-refractivity contribution is 6.90. The summed E-state index contributed by atoms with van der Waals surface area (Å²) in [5, 5.41) is 21.3. The molecule has 0 aromatic heterocycles. The highest BCUT2D eigenvalue weighted by Crippen LogP contribution is 2.48. The minimum absolute atomic E-state index is 0.123. The number of hydrogen-bond acceptors (Lipinski definition) is 2. The van der Waals surface area contributed by atoms with Crippen LogP contribution in [0.1, 0.15) is 81.6 Å². The molecule has 146 valence electrons. The average Bonchev–Trinajstić information content (AvgIpc) is 2.49. The van der Waals surface area contributed by atoms with Gasteiger partial charge in [0.2, 0.25) is 19.2 Å². The van der Waals surface area contributed by atoms with E-state index < -0.39 is 8.07 Å². The van der Waals surface area contributed by atoms with Crippen LogP contribution in [0.4, 0.5) is 0 Å². The Hall–Kier alpha value is -1.34. The highest BCUT2D eigenvalue weighted by atomic mass is 28.3. The first-order valence-electron chi connectivity index (χ1n) is 10.1. The van der Waals surface area contributed by atoms with Crippen LogP contribution >= 0.6 is 0 Å². The maximum Gasteiger partial charge on any atom is 0.367 e. The molecule has 1 rings (SSSR count). The van der Waals surface area contributed by atoms with Crippen molar-refractivity contribution in [2.75, 3.05) is 0 Å². The molecule has 3 nitrogen and oxygen atoms in total. The van der Waals surface area contributed by atoms with E-state index in [1.807, 2.05) is 0 Å². The molecule has 0 aromatic carbocycles. The van der Waals surface area contributed by atoms with Gasteiger partial charge in [-0.3, -0.25) is 0 Å². The van der Waals surface area contributed by atoms with Gasteiger partial charge in [-0.25, -0.2) is 0 Å². The second-order valence-electron chi connectivity index (χ2n) is 9.50. The Kier molecular flexibility index (Phi) is 7.48. The predicted octanol–water partition coefficient (Wildman–Crippen LogP) is 7.91. The number of aliphatic hydroxyl groups is 1. The van der Waals surface area contributed by atoms with E-state index in [9.17, 15) is 10.5 Å². The minimum atomic E-state index is -2.21. The Bertz CT molecular complexity index is 624. The van der Waals surface area contributed by atoms with Gasteiger partial charge >= 0.3 is 5.32 Å². The molecule has 4 heteroatoms. The molecule has 0 spiro atoms. The van der Waals surface area contributed by atoms with E-state index in [0.717, 1.165) is 12.8 Å². The maximum absolute atomic E-state index is 10.9. The topological polar surface area (TPSA) is 48.4 Å². The fourth-order valence-electron chi connectivity index (χ4n) is 5.43. The van der Waals surface area contributed by atoms with Crippen molar-refractivity contribution in [2.45, 2.75) is 98.2 Å². The van der Waals surface area contributed by atoms with Crippen LogP contribution in [-0.4, -0.2) is 13.2 Å². The molecule has 1 aliphatic carbocycles. The van der Waals surface area contributed by atoms with Gasteiger partial charge in [-0.2, -0.15) is 0 Å². The average molecular weight is 376 g/mol. The third kappa shape index (κ3) is 4.14. The van der Waals surface area contributed by atoms with Crippen molar-refractivity contribution in [3.63, 3.8) is 0 Å². The third-order valence-corrected chi connectivity index (χ3v) is 13.5. The normalized spacial score (nSPS) is 19.5. The summed E-state index contributed by atoms with van der Waals surface area (Å²) in [7, 11) is -2.21. The largest absolute Gasteiger partial charge is 0.502 e. The van der Waals surface area contributed by atoms with E-state index >= 15 is 0 Å². The van der Waals surface area contributed by atoms with Crippen molar-refractivity contribution in [3.8, 4) is 0 Å². The van der Waals surface area contributed by atoms with E-state index in [1.54, 1.807) is 6.08 Å². The second-order valence-corrected chi connectivity index (χ2v) is 15.3. The molecule has 0 atom stereocenters. The van der Waals surface area contributed by atoms with E-state index in [0.29, 0.717) is 21.9 Å². The molecule has 0 aromatic rings. The first-order valence-corrected chi connectivity index (χ1v) is 12.3. The lowest BCUT2D eigenvalue weighted by Crippen LogP contribution is -2.46. The second kappa shape index (κ2) is 8.56. The van der Waals surface area contributed by atoms with E-state index in [2.05, 4.69) is 73.4 Å². The molecular formula is C22H39N2OSi+. The Balaban J connectivity index is 3.50. The Morgan fingerprint density at radius 3 is 2.00 bits per heavy atom. The standard InChI is InChI=1S/C22H38N2OSi/c1-15(2)26(16(3)4,17(5)6)21(24-23)20(25)13-12-19-18(7)11-10-14-22(19,8)9/h12-13,15-17H,10-11,14H2,1-9H3/p+1/b13-12+,21-20-. The lowest BCUT2D eigenvalue weighted by molar-refractivity contribution is 0.376. The zero-order valence-corrected chi connectivity index (χ0v) is 19.3. The van der Waals surface area contributed by atoms with Gasteiger partial charge < -0.3 is 5.11 Å². The Morgan fingerprint density at radius 1 is 1.12 bits per heavy atom. The monoisotopic (exact) mass is 375 g/mol. The van der Waals surface area contributed by atoms with Crippen LogP contribution in [-0.2, 0) is 0 Å². The molecule has 1 N–H and O–H groups in total. The van der Waals surface area contributed by atoms with Crippen LogP contribution in [0.15, 0.2) is 34.4 Å². The van der Waals surface area contributed by atoms with Crippen molar-refractivity contribution >= 4 is 8.07 Å². The first kappa shape index (κ1) is 22.7. The van der Waals surface area contributed by atoms with E-state index in [-0.39, 0.29) is 11.2 Å². The first-order chi connectivity index (χ1) is 11.9. The molecule has 0 heterocycles. The summed E-state index contributed by atoms with van der Waals surface area (Å²) >= 11 is 0. The number of diazo groups is 1. The van der Waals surface area contributed by atoms with Gasteiger partial charge in [0.15, 0.2) is 4.98 Å².